The normalized spacial score (nSPS) is 18.5. The quantitative estimate of drug-likeness (QED) is 0.581. The van der Waals surface area contributed by atoms with Gasteiger partial charge < -0.3 is 9.69 Å². The molecule has 0 aliphatic carbocycles. The van der Waals surface area contributed by atoms with Gasteiger partial charge in [0.1, 0.15) is 6.29 Å². The second-order valence-corrected chi connectivity index (χ2v) is 5.13. The topological polar surface area (TPSA) is 37.4 Å². The second-order valence-electron chi connectivity index (χ2n) is 5.13. The number of carbonyl (C=O) groups excluding carboxylic acids is 2. The summed E-state index contributed by atoms with van der Waals surface area (Å²) in [7, 11) is 0. The lowest BCUT2D eigenvalue weighted by Gasteiger charge is -2.20. The number of benzene rings is 1. The van der Waals surface area contributed by atoms with Crippen LogP contribution in [0.1, 0.15) is 37.7 Å². The Morgan fingerprint density at radius 3 is 2.79 bits per heavy atom. The van der Waals surface area contributed by atoms with Crippen molar-refractivity contribution in [2.24, 2.45) is 0 Å². The monoisotopic (exact) mass is 259 g/mol. The van der Waals surface area contributed by atoms with Crippen molar-refractivity contribution in [3.05, 3.63) is 35.9 Å². The molecule has 1 heterocycles. The van der Waals surface area contributed by atoms with Crippen molar-refractivity contribution in [1.82, 2.24) is 4.90 Å². The number of hydrogen-bond acceptors (Lipinski definition) is 2. The van der Waals surface area contributed by atoms with Crippen LogP contribution in [0, 0.1) is 0 Å². The third-order valence-corrected chi connectivity index (χ3v) is 3.73. The van der Waals surface area contributed by atoms with Gasteiger partial charge in [-0.25, -0.2) is 0 Å². The average molecular weight is 259 g/mol. The standard InChI is InChI=1S/C16H21NO2/c18-13-15-10-6-12-17(15)16(19)11-5-4-9-14-7-2-1-3-8-14/h1-3,7-8,13,15H,4-6,9-12H2. The zero-order valence-corrected chi connectivity index (χ0v) is 11.3. The van der Waals surface area contributed by atoms with Crippen molar-refractivity contribution in [1.29, 1.82) is 0 Å². The van der Waals surface area contributed by atoms with E-state index in [1.54, 1.807) is 4.90 Å². The summed E-state index contributed by atoms with van der Waals surface area (Å²) in [6.07, 6.45) is 6.21. The molecule has 1 fully saturated rings. The Morgan fingerprint density at radius 1 is 1.26 bits per heavy atom. The molecule has 102 valence electrons. The van der Waals surface area contributed by atoms with Crippen molar-refractivity contribution >= 4 is 12.2 Å². The predicted molar refractivity (Wildman–Crippen MR) is 74.8 cm³/mol. The molecule has 1 aromatic carbocycles. The molecule has 19 heavy (non-hydrogen) atoms. The summed E-state index contributed by atoms with van der Waals surface area (Å²) in [4.78, 5) is 24.6. The maximum absolute atomic E-state index is 12.0. The van der Waals surface area contributed by atoms with E-state index in [9.17, 15) is 9.59 Å². The Labute approximate surface area is 114 Å². The molecule has 1 aliphatic heterocycles. The summed E-state index contributed by atoms with van der Waals surface area (Å²) >= 11 is 0. The van der Waals surface area contributed by atoms with E-state index in [1.807, 2.05) is 18.2 Å². The zero-order valence-electron chi connectivity index (χ0n) is 11.3. The number of aryl methyl sites for hydroxylation is 1. The van der Waals surface area contributed by atoms with Gasteiger partial charge in [0.25, 0.3) is 0 Å². The molecule has 0 N–H and O–H groups in total. The SMILES string of the molecule is O=CC1CCCN1C(=O)CCCCc1ccccc1. The lowest BCUT2D eigenvalue weighted by molar-refractivity contribution is -0.134. The highest BCUT2D eigenvalue weighted by molar-refractivity contribution is 5.80. The van der Waals surface area contributed by atoms with E-state index >= 15 is 0 Å². The molecular formula is C16H21NO2. The van der Waals surface area contributed by atoms with Gasteiger partial charge in [0, 0.05) is 13.0 Å². The first kappa shape index (κ1) is 13.8. The summed E-state index contributed by atoms with van der Waals surface area (Å²) in [5.41, 5.74) is 1.32. The van der Waals surface area contributed by atoms with Crippen molar-refractivity contribution in [3.63, 3.8) is 0 Å². The first-order chi connectivity index (χ1) is 9.31. The molecule has 0 saturated carbocycles. The van der Waals surface area contributed by atoms with E-state index in [4.69, 9.17) is 0 Å². The fraction of sp³-hybridized carbons (Fsp3) is 0.500. The number of aldehydes is 1. The van der Waals surface area contributed by atoms with Gasteiger partial charge in [-0.15, -0.1) is 0 Å². The van der Waals surface area contributed by atoms with Gasteiger partial charge in [-0.1, -0.05) is 30.3 Å². The Hall–Kier alpha value is -1.64. The highest BCUT2D eigenvalue weighted by Gasteiger charge is 2.27. The molecule has 1 saturated heterocycles. The Balaban J connectivity index is 1.68. The highest BCUT2D eigenvalue weighted by Crippen LogP contribution is 2.17. The first-order valence-corrected chi connectivity index (χ1v) is 7.10. The van der Waals surface area contributed by atoms with Crippen LogP contribution in [-0.2, 0) is 16.0 Å². The minimum atomic E-state index is -0.165. The number of rotatable bonds is 6. The van der Waals surface area contributed by atoms with Crippen LogP contribution < -0.4 is 0 Å². The van der Waals surface area contributed by atoms with Gasteiger partial charge in [-0.05, 0) is 37.7 Å². The molecule has 3 heteroatoms. The molecule has 1 aromatic rings. The van der Waals surface area contributed by atoms with Crippen LogP contribution >= 0.6 is 0 Å². The van der Waals surface area contributed by atoms with Crippen LogP contribution in [0.3, 0.4) is 0 Å². The molecular weight excluding hydrogens is 238 g/mol. The smallest absolute Gasteiger partial charge is 0.223 e. The van der Waals surface area contributed by atoms with Gasteiger partial charge in [0.15, 0.2) is 0 Å². The fourth-order valence-corrected chi connectivity index (χ4v) is 2.64. The molecule has 1 unspecified atom stereocenters. The summed E-state index contributed by atoms with van der Waals surface area (Å²) in [6, 6.07) is 10.2. The Kier molecular flexibility index (Phi) is 5.13. The van der Waals surface area contributed by atoms with E-state index in [2.05, 4.69) is 12.1 Å². The van der Waals surface area contributed by atoms with E-state index in [1.165, 1.54) is 5.56 Å². The van der Waals surface area contributed by atoms with E-state index in [-0.39, 0.29) is 11.9 Å². The predicted octanol–water partition coefficient (Wildman–Crippen LogP) is 2.59. The summed E-state index contributed by atoms with van der Waals surface area (Å²) < 4.78 is 0. The molecule has 2 rings (SSSR count). The summed E-state index contributed by atoms with van der Waals surface area (Å²) in [6.45, 7) is 0.751. The van der Waals surface area contributed by atoms with Crippen LogP contribution in [0.15, 0.2) is 30.3 Å². The van der Waals surface area contributed by atoms with Gasteiger partial charge in [0.2, 0.25) is 5.91 Å². The Morgan fingerprint density at radius 2 is 2.05 bits per heavy atom. The molecule has 1 atom stereocenters. The summed E-state index contributed by atoms with van der Waals surface area (Å²) in [5, 5.41) is 0. The lowest BCUT2D eigenvalue weighted by Crippen LogP contribution is -2.36. The molecule has 3 nitrogen and oxygen atoms in total. The second kappa shape index (κ2) is 7.07. The van der Waals surface area contributed by atoms with Gasteiger partial charge in [-0.3, -0.25) is 4.79 Å². The first-order valence-electron chi connectivity index (χ1n) is 7.10. The molecule has 0 aromatic heterocycles. The van der Waals surface area contributed by atoms with Crippen LogP contribution in [0.5, 0.6) is 0 Å². The average Bonchev–Trinajstić information content (AvgIpc) is 2.93. The van der Waals surface area contributed by atoms with Crippen LogP contribution in [-0.4, -0.2) is 29.7 Å². The lowest BCUT2D eigenvalue weighted by atomic mass is 10.1. The molecule has 0 spiro atoms. The maximum atomic E-state index is 12.0. The van der Waals surface area contributed by atoms with Crippen molar-refractivity contribution in [3.8, 4) is 0 Å². The Bertz CT molecular complexity index is 416. The molecule has 1 amide bonds. The number of nitrogens with zero attached hydrogens (tertiary/aromatic N) is 1. The van der Waals surface area contributed by atoms with Crippen molar-refractivity contribution < 1.29 is 9.59 Å². The fourth-order valence-electron chi connectivity index (χ4n) is 2.64. The van der Waals surface area contributed by atoms with E-state index in [0.29, 0.717) is 6.42 Å². The molecule has 0 radical (unpaired) electrons. The van der Waals surface area contributed by atoms with Gasteiger partial charge in [0.05, 0.1) is 6.04 Å². The highest BCUT2D eigenvalue weighted by atomic mass is 16.2. The summed E-state index contributed by atoms with van der Waals surface area (Å²) in [5.74, 6) is 0.141. The van der Waals surface area contributed by atoms with E-state index < -0.39 is 0 Å². The number of carbonyl (C=O) groups is 2. The largest absolute Gasteiger partial charge is 0.333 e. The molecule has 1 aliphatic rings. The molecule has 0 bridgehead atoms. The van der Waals surface area contributed by atoms with E-state index in [0.717, 1.165) is 44.9 Å². The maximum Gasteiger partial charge on any atom is 0.223 e. The number of hydrogen-bond donors (Lipinski definition) is 0. The zero-order chi connectivity index (χ0) is 13.5. The van der Waals surface area contributed by atoms with Crippen LogP contribution in [0.25, 0.3) is 0 Å². The van der Waals surface area contributed by atoms with Crippen LogP contribution in [0.4, 0.5) is 0 Å². The number of likely N-dealkylation sites (tertiary alicyclic amines) is 1. The number of unbranched alkanes of at least 4 members (excludes halogenated alkanes) is 1. The number of amides is 1. The van der Waals surface area contributed by atoms with Gasteiger partial charge in [-0.2, -0.15) is 0 Å². The van der Waals surface area contributed by atoms with Crippen LogP contribution in [0.2, 0.25) is 0 Å². The third-order valence-electron chi connectivity index (χ3n) is 3.73. The van der Waals surface area contributed by atoms with Crippen molar-refractivity contribution in [2.45, 2.75) is 44.6 Å². The minimum Gasteiger partial charge on any atom is -0.333 e. The third kappa shape index (κ3) is 3.91. The van der Waals surface area contributed by atoms with Gasteiger partial charge >= 0.3 is 0 Å². The minimum absolute atomic E-state index is 0.141. The van der Waals surface area contributed by atoms with Crippen molar-refractivity contribution in [2.75, 3.05) is 6.54 Å².